The van der Waals surface area contributed by atoms with Crippen molar-refractivity contribution < 1.29 is 38.3 Å². The maximum absolute atomic E-state index is 13.4. The lowest BCUT2D eigenvalue weighted by Gasteiger charge is -2.25. The van der Waals surface area contributed by atoms with Gasteiger partial charge in [-0.25, -0.2) is 4.79 Å². The fraction of sp³-hybridized carbons (Fsp3) is 0.606. The van der Waals surface area contributed by atoms with Crippen LogP contribution in [-0.2, 0) is 35.3 Å². The van der Waals surface area contributed by atoms with Crippen LogP contribution in [-0.4, -0.2) is 89.9 Å². The van der Waals surface area contributed by atoms with Gasteiger partial charge in [0.1, 0.15) is 18.7 Å². The van der Waals surface area contributed by atoms with Gasteiger partial charge in [0, 0.05) is 36.9 Å². The van der Waals surface area contributed by atoms with E-state index in [1.807, 2.05) is 13.8 Å². The summed E-state index contributed by atoms with van der Waals surface area (Å²) in [7, 11) is 1.31. The van der Waals surface area contributed by atoms with Crippen molar-refractivity contribution in [2.75, 3.05) is 18.4 Å². The molecule has 270 valence electrons. The number of nitrogens with two attached hydrogens (primary N) is 1. The summed E-state index contributed by atoms with van der Waals surface area (Å²) < 4.78 is 4.98. The average Bonchev–Trinajstić information content (AvgIpc) is 3.30. The Morgan fingerprint density at radius 3 is 2.31 bits per heavy atom. The Balaban J connectivity index is 1.91. The first-order valence-corrected chi connectivity index (χ1v) is 17.8. The molecule has 1 aromatic carbocycles. The third kappa shape index (κ3) is 14.9. The molecule has 14 nitrogen and oxygen atoms in total. The van der Waals surface area contributed by atoms with Gasteiger partial charge in [-0.2, -0.15) is 0 Å². The minimum Gasteiger partial charge on any atom is -0.469 e. The zero-order valence-electron chi connectivity index (χ0n) is 29.2. The van der Waals surface area contributed by atoms with Crippen LogP contribution in [0.2, 0.25) is 0 Å². The summed E-state index contributed by atoms with van der Waals surface area (Å²) in [6.07, 6.45) is 3.54. The number of benzene rings is 1. The number of likely N-dealkylation sites (tertiary alicyclic amines) is 1. The van der Waals surface area contributed by atoms with Gasteiger partial charge in [-0.15, -0.1) is 11.8 Å². The molecule has 6 N–H and O–H groups in total. The maximum Gasteiger partial charge on any atom is 0.312 e. The second kappa shape index (κ2) is 21.1. The van der Waals surface area contributed by atoms with Gasteiger partial charge in [0.25, 0.3) is 0 Å². The SMILES string of the molecule is BC(=O)OCc1ccc(NC(=O)[C@H](CCCNC(N)=O)NC(=O)C(NC(=O)CCCCCN2C(=O)CC(SC(C)CC)C2=O)C(C)C)cc1. The molecule has 0 aliphatic carbocycles. The minimum atomic E-state index is -0.986. The lowest BCUT2D eigenvalue weighted by molar-refractivity contribution is -0.138. The normalized spacial score (nSPS) is 16.1. The van der Waals surface area contributed by atoms with Crippen LogP contribution in [0.5, 0.6) is 0 Å². The highest BCUT2D eigenvalue weighted by atomic mass is 32.2. The van der Waals surface area contributed by atoms with E-state index in [1.165, 1.54) is 12.7 Å². The second-order valence-electron chi connectivity index (χ2n) is 12.5. The number of hydrogen-bond acceptors (Lipinski definition) is 9. The molecule has 49 heavy (non-hydrogen) atoms. The molecule has 7 amide bonds. The highest BCUT2D eigenvalue weighted by molar-refractivity contribution is 8.01. The zero-order valence-corrected chi connectivity index (χ0v) is 30.0. The molecular weight excluding hydrogens is 651 g/mol. The summed E-state index contributed by atoms with van der Waals surface area (Å²) in [5.74, 6) is -2.33. The van der Waals surface area contributed by atoms with E-state index in [4.69, 9.17) is 10.5 Å². The Morgan fingerprint density at radius 1 is 1.00 bits per heavy atom. The topological polar surface area (TPSA) is 206 Å². The number of nitrogens with one attached hydrogen (secondary N) is 4. The summed E-state index contributed by atoms with van der Waals surface area (Å²) in [4.78, 5) is 88.0. The summed E-state index contributed by atoms with van der Waals surface area (Å²) in [6.45, 7) is 8.27. The van der Waals surface area contributed by atoms with Crippen molar-refractivity contribution >= 4 is 66.7 Å². The van der Waals surface area contributed by atoms with Crippen LogP contribution in [0.25, 0.3) is 0 Å². The van der Waals surface area contributed by atoms with Crippen LogP contribution in [0.3, 0.4) is 0 Å². The molecule has 0 radical (unpaired) electrons. The summed E-state index contributed by atoms with van der Waals surface area (Å²) >= 11 is 1.54. The van der Waals surface area contributed by atoms with E-state index in [2.05, 4.69) is 21.3 Å². The van der Waals surface area contributed by atoms with Crippen molar-refractivity contribution in [1.29, 1.82) is 0 Å². The van der Waals surface area contributed by atoms with E-state index in [0.29, 0.717) is 43.2 Å². The van der Waals surface area contributed by atoms with Crippen LogP contribution in [0.15, 0.2) is 24.3 Å². The van der Waals surface area contributed by atoms with Gasteiger partial charge in [0.15, 0.2) is 0 Å². The van der Waals surface area contributed by atoms with Crippen molar-refractivity contribution in [2.45, 2.75) is 108 Å². The van der Waals surface area contributed by atoms with Crippen molar-refractivity contribution in [2.24, 2.45) is 11.7 Å². The van der Waals surface area contributed by atoms with Crippen molar-refractivity contribution in [3.8, 4) is 0 Å². The Kier molecular flexibility index (Phi) is 17.7. The lowest BCUT2D eigenvalue weighted by atomic mass is 10.0. The molecule has 3 unspecified atom stereocenters. The molecule has 1 fully saturated rings. The molecule has 0 bridgehead atoms. The number of nitrogens with zero attached hydrogens (tertiary/aromatic N) is 1. The van der Waals surface area contributed by atoms with E-state index < -0.39 is 35.8 Å². The van der Waals surface area contributed by atoms with Crippen molar-refractivity contribution in [3.05, 3.63) is 29.8 Å². The number of hydrogen-bond donors (Lipinski definition) is 5. The Labute approximate surface area is 293 Å². The molecule has 0 saturated carbocycles. The van der Waals surface area contributed by atoms with Crippen LogP contribution in [0, 0.1) is 5.92 Å². The van der Waals surface area contributed by atoms with Crippen molar-refractivity contribution in [1.82, 2.24) is 20.9 Å². The van der Waals surface area contributed by atoms with Gasteiger partial charge in [0.05, 0.1) is 5.25 Å². The second-order valence-corrected chi connectivity index (χ2v) is 14.1. The van der Waals surface area contributed by atoms with Crippen LogP contribution < -0.4 is 27.0 Å². The Morgan fingerprint density at radius 2 is 1.69 bits per heavy atom. The minimum absolute atomic E-state index is 0.0936. The van der Waals surface area contributed by atoms with E-state index in [1.54, 1.807) is 49.9 Å². The number of amides is 7. The monoisotopic (exact) mass is 702 g/mol. The number of primary amides is 1. The molecule has 1 aliphatic heterocycles. The zero-order chi connectivity index (χ0) is 36.5. The van der Waals surface area contributed by atoms with Crippen LogP contribution >= 0.6 is 11.8 Å². The molecule has 1 aromatic rings. The molecule has 16 heteroatoms. The molecule has 0 spiro atoms. The first-order chi connectivity index (χ1) is 23.2. The number of anilines is 1. The predicted octanol–water partition coefficient (Wildman–Crippen LogP) is 2.19. The number of rotatable bonds is 21. The first-order valence-electron chi connectivity index (χ1n) is 16.9. The molecule has 1 saturated heterocycles. The number of imide groups is 1. The van der Waals surface area contributed by atoms with E-state index >= 15 is 0 Å². The quantitative estimate of drug-likeness (QED) is 0.0722. The number of thioether (sulfide) groups is 1. The summed E-state index contributed by atoms with van der Waals surface area (Å²) in [5, 5.41) is 10.7. The fourth-order valence-corrected chi connectivity index (χ4v) is 6.27. The van der Waals surface area contributed by atoms with Gasteiger partial charge in [0.2, 0.25) is 43.3 Å². The number of ether oxygens (including phenoxy) is 1. The molecule has 2 rings (SSSR count). The third-order valence-electron chi connectivity index (χ3n) is 7.99. The number of urea groups is 1. The van der Waals surface area contributed by atoms with Crippen LogP contribution in [0.1, 0.15) is 84.6 Å². The average molecular weight is 703 g/mol. The van der Waals surface area contributed by atoms with Crippen molar-refractivity contribution in [3.63, 3.8) is 0 Å². The number of unbranched alkanes of at least 4 members (excludes halogenated alkanes) is 2. The number of carbonyl (C=O) groups is 7. The molecule has 1 heterocycles. The molecule has 0 aromatic heterocycles. The molecular formula is C33H51BN6O8S. The standard InChI is InChI=1S/C33H51BN6O8S/c1-5-21(4)49-25-18-27(42)40(31(25)45)17-8-6-7-11-26(41)39-28(20(2)3)30(44)38-24(10-9-16-36-33(35)47)29(43)37-23-14-12-22(13-15-23)19-48-32(34)46/h12-15,20-21,24-25,28H,5-11,16-19,34H2,1-4H3,(H,37,43)(H,38,44)(H,39,41)(H3,35,36,47)/t21?,24-,25?,28?/m0/s1. The first kappa shape index (κ1) is 41.1. The highest BCUT2D eigenvalue weighted by Gasteiger charge is 2.39. The van der Waals surface area contributed by atoms with Gasteiger partial charge < -0.3 is 31.7 Å². The van der Waals surface area contributed by atoms with Gasteiger partial charge in [-0.05, 0) is 55.7 Å². The van der Waals surface area contributed by atoms with E-state index in [9.17, 15) is 33.6 Å². The largest absolute Gasteiger partial charge is 0.469 e. The third-order valence-corrected chi connectivity index (χ3v) is 9.49. The highest BCUT2D eigenvalue weighted by Crippen LogP contribution is 2.29. The fourth-order valence-electron chi connectivity index (χ4n) is 5.03. The smallest absolute Gasteiger partial charge is 0.312 e. The van der Waals surface area contributed by atoms with E-state index in [0.717, 1.165) is 12.0 Å². The maximum atomic E-state index is 13.4. The number of carbonyl (C=O) groups excluding carboxylic acids is 7. The lowest BCUT2D eigenvalue weighted by Crippen LogP contribution is -2.54. The van der Waals surface area contributed by atoms with Gasteiger partial charge in [-0.3, -0.25) is 33.7 Å². The van der Waals surface area contributed by atoms with Gasteiger partial charge in [-0.1, -0.05) is 46.2 Å². The molecule has 1 aliphatic rings. The Bertz CT molecular complexity index is 1310. The Hall–Kier alpha value is -4.08. The van der Waals surface area contributed by atoms with E-state index in [-0.39, 0.29) is 61.3 Å². The summed E-state index contributed by atoms with van der Waals surface area (Å²) in [5.41, 5.74) is 6.33. The van der Waals surface area contributed by atoms with Crippen LogP contribution in [0.4, 0.5) is 15.3 Å². The molecule has 4 atom stereocenters. The van der Waals surface area contributed by atoms with Gasteiger partial charge >= 0.3 is 6.03 Å². The predicted molar refractivity (Wildman–Crippen MR) is 190 cm³/mol. The summed E-state index contributed by atoms with van der Waals surface area (Å²) in [6, 6.07) is 4.08.